The molecule has 2 N–H and O–H groups in total. The van der Waals surface area contributed by atoms with Gasteiger partial charge in [-0.1, -0.05) is 18.2 Å². The Morgan fingerprint density at radius 3 is 2.35 bits per heavy atom. The van der Waals surface area contributed by atoms with Gasteiger partial charge in [-0.15, -0.1) is 0 Å². The molecule has 15 heteroatoms. The first-order chi connectivity index (χ1) is 29.9. The molecule has 0 bridgehead atoms. The first kappa shape index (κ1) is 40.9. The highest BCUT2D eigenvalue weighted by molar-refractivity contribution is 6.06. The van der Waals surface area contributed by atoms with Crippen LogP contribution in [-0.4, -0.2) is 120 Å². The first-order valence-corrected chi connectivity index (χ1v) is 21.9. The average Bonchev–Trinajstić information content (AvgIpc) is 3.81. The largest absolute Gasteiger partial charge is 0.371 e. The maximum absolute atomic E-state index is 16.2. The lowest BCUT2D eigenvalue weighted by atomic mass is 9.60. The van der Waals surface area contributed by atoms with E-state index in [1.54, 1.807) is 6.07 Å². The first-order valence-electron chi connectivity index (χ1n) is 21.9. The maximum Gasteiger partial charge on any atom is 0.255 e. The normalized spacial score (nSPS) is 23.4. The number of aldehydes is 1. The Morgan fingerprint density at radius 1 is 0.952 bits per heavy atom. The summed E-state index contributed by atoms with van der Waals surface area (Å²) in [6, 6.07) is 12.7. The number of hydrogen-bond acceptors (Lipinski definition) is 8. The number of hydrogen-bond donors (Lipinski definition) is 2. The molecule has 3 saturated heterocycles. The number of carbonyl (C=O) groups excluding carboxylic acids is 4. The highest BCUT2D eigenvalue weighted by atomic mass is 19.3. The van der Waals surface area contributed by atoms with Crippen molar-refractivity contribution in [3.8, 4) is 0 Å². The number of benzene rings is 3. The molecule has 326 valence electrons. The zero-order chi connectivity index (χ0) is 43.0. The Labute approximate surface area is 357 Å². The summed E-state index contributed by atoms with van der Waals surface area (Å²) in [6.07, 6.45) is 2.97. The van der Waals surface area contributed by atoms with Gasteiger partial charge in [0.2, 0.25) is 11.8 Å². The van der Waals surface area contributed by atoms with Gasteiger partial charge in [0.15, 0.2) is 6.29 Å². The summed E-state index contributed by atoms with van der Waals surface area (Å²) in [6.45, 7) is 5.55. The molecule has 1 spiro atoms. The number of aromatic nitrogens is 1. The number of likely N-dealkylation sites (tertiary alicyclic amines) is 1. The molecule has 6 aliphatic rings. The second-order valence-corrected chi connectivity index (χ2v) is 18.7. The molecule has 4 aromatic rings. The number of halogens is 4. The van der Waals surface area contributed by atoms with Gasteiger partial charge in [0, 0.05) is 105 Å². The topological polar surface area (TPSA) is 112 Å². The van der Waals surface area contributed by atoms with Crippen LogP contribution >= 0.6 is 0 Å². The standard InChI is InChI=1S/C47H51F4N7O4/c1-54(39-6-7-41(60)53-45(39)61)46(62)35-15-29-22-58(21-28(29)14-30(35)24-59)32-18-47(19-32)25-55(26-47)20-27-8-11-56(12-9-27)31-16-36(48)42(37(49)17-31)44-43-34(10-13-57(44)23-40(50)51)33-4-2-3-5-38(33)52-43/h2-5,14-17,24,27,32,39-40,44,52H,6-13,18-23,25-26H2,1H3,(H,53,60,61). The molecular weight excluding hydrogens is 803 g/mol. The minimum atomic E-state index is -2.64. The van der Waals surface area contributed by atoms with E-state index in [-0.39, 0.29) is 36.4 Å². The van der Waals surface area contributed by atoms with Crippen LogP contribution in [0.15, 0.2) is 48.5 Å². The molecule has 62 heavy (non-hydrogen) atoms. The summed E-state index contributed by atoms with van der Waals surface area (Å²) >= 11 is 0. The van der Waals surface area contributed by atoms with Crippen molar-refractivity contribution >= 4 is 40.6 Å². The van der Waals surface area contributed by atoms with Crippen molar-refractivity contribution in [1.82, 2.24) is 29.9 Å². The van der Waals surface area contributed by atoms with Crippen molar-refractivity contribution in [3.63, 3.8) is 0 Å². The van der Waals surface area contributed by atoms with Gasteiger partial charge in [-0.3, -0.25) is 34.3 Å². The smallest absolute Gasteiger partial charge is 0.255 e. The highest BCUT2D eigenvalue weighted by Crippen LogP contribution is 2.52. The van der Waals surface area contributed by atoms with Gasteiger partial charge in [-0.2, -0.15) is 0 Å². The number of anilines is 1. The molecule has 4 fully saturated rings. The number of aromatic amines is 1. The van der Waals surface area contributed by atoms with Gasteiger partial charge in [-0.05, 0) is 96.9 Å². The summed E-state index contributed by atoms with van der Waals surface area (Å²) < 4.78 is 59.8. The molecular formula is C47H51F4N7O4. The van der Waals surface area contributed by atoms with Crippen molar-refractivity contribution < 1.29 is 36.7 Å². The minimum Gasteiger partial charge on any atom is -0.371 e. The average molecular weight is 854 g/mol. The number of imide groups is 1. The van der Waals surface area contributed by atoms with Gasteiger partial charge < -0.3 is 19.7 Å². The van der Waals surface area contributed by atoms with Gasteiger partial charge in [-0.25, -0.2) is 17.6 Å². The number of carbonyl (C=O) groups is 4. The van der Waals surface area contributed by atoms with E-state index in [0.717, 1.165) is 79.5 Å². The van der Waals surface area contributed by atoms with Crippen molar-refractivity contribution in [1.29, 1.82) is 0 Å². The van der Waals surface area contributed by atoms with Crippen molar-refractivity contribution in [2.75, 3.05) is 57.8 Å². The number of amides is 3. The second-order valence-electron chi connectivity index (χ2n) is 18.7. The summed E-state index contributed by atoms with van der Waals surface area (Å²) in [5, 5.41) is 3.25. The molecule has 3 amide bonds. The number of rotatable bonds is 10. The van der Waals surface area contributed by atoms with E-state index in [1.807, 2.05) is 35.2 Å². The van der Waals surface area contributed by atoms with Crippen LogP contribution in [0.1, 0.15) is 93.2 Å². The predicted octanol–water partition coefficient (Wildman–Crippen LogP) is 6.05. The van der Waals surface area contributed by atoms with E-state index in [4.69, 9.17) is 0 Å². The van der Waals surface area contributed by atoms with Crippen LogP contribution in [0.25, 0.3) is 10.9 Å². The second kappa shape index (κ2) is 15.9. The molecule has 10 rings (SSSR count). The summed E-state index contributed by atoms with van der Waals surface area (Å²) in [7, 11) is 1.54. The summed E-state index contributed by atoms with van der Waals surface area (Å²) in [5.74, 6) is -2.23. The van der Waals surface area contributed by atoms with Crippen LogP contribution in [0.2, 0.25) is 0 Å². The lowest BCUT2D eigenvalue weighted by molar-refractivity contribution is -0.136. The molecule has 1 saturated carbocycles. The molecule has 1 aliphatic carbocycles. The number of H-pyrrole nitrogens is 1. The van der Waals surface area contributed by atoms with E-state index >= 15 is 8.78 Å². The quantitative estimate of drug-likeness (QED) is 0.113. The zero-order valence-corrected chi connectivity index (χ0v) is 34.8. The van der Waals surface area contributed by atoms with Gasteiger partial charge in [0.05, 0.1) is 18.2 Å². The Morgan fingerprint density at radius 2 is 1.66 bits per heavy atom. The number of nitrogens with one attached hydrogen (secondary N) is 2. The molecule has 6 heterocycles. The van der Waals surface area contributed by atoms with Crippen LogP contribution in [0.4, 0.5) is 23.2 Å². The van der Waals surface area contributed by atoms with Crippen LogP contribution in [-0.2, 0) is 29.1 Å². The Balaban J connectivity index is 0.720. The number of nitrogens with zero attached hydrogens (tertiary/aromatic N) is 5. The Bertz CT molecular complexity index is 2430. The molecule has 2 atom stereocenters. The van der Waals surface area contributed by atoms with E-state index in [9.17, 15) is 28.0 Å². The van der Waals surface area contributed by atoms with Crippen LogP contribution in [0.5, 0.6) is 0 Å². The van der Waals surface area contributed by atoms with Crippen molar-refractivity contribution in [2.24, 2.45) is 11.3 Å². The third kappa shape index (κ3) is 7.29. The van der Waals surface area contributed by atoms with E-state index in [0.29, 0.717) is 66.7 Å². The number of piperidine rings is 2. The van der Waals surface area contributed by atoms with Gasteiger partial charge >= 0.3 is 0 Å². The monoisotopic (exact) mass is 853 g/mol. The van der Waals surface area contributed by atoms with Crippen molar-refractivity contribution in [2.45, 2.75) is 82.6 Å². The molecule has 0 radical (unpaired) electrons. The number of fused-ring (bicyclic) bond motifs is 4. The molecule has 11 nitrogen and oxygen atoms in total. The third-order valence-corrected chi connectivity index (χ3v) is 14.8. The third-order valence-electron chi connectivity index (χ3n) is 14.8. The van der Waals surface area contributed by atoms with E-state index in [2.05, 4.69) is 20.1 Å². The van der Waals surface area contributed by atoms with Gasteiger partial charge in [0.1, 0.15) is 17.7 Å². The van der Waals surface area contributed by atoms with Crippen LogP contribution < -0.4 is 10.2 Å². The number of likely N-dealkylation sites (N-methyl/N-ethyl adjacent to an activating group) is 1. The predicted molar refractivity (Wildman–Crippen MR) is 224 cm³/mol. The number of para-hydroxylation sites is 1. The molecule has 1 aromatic heterocycles. The lowest BCUT2D eigenvalue weighted by Gasteiger charge is -2.61. The molecule has 3 aromatic carbocycles. The lowest BCUT2D eigenvalue weighted by Crippen LogP contribution is -2.66. The van der Waals surface area contributed by atoms with Crippen molar-refractivity contribution in [3.05, 3.63) is 99.2 Å². The van der Waals surface area contributed by atoms with Crippen LogP contribution in [0.3, 0.4) is 0 Å². The maximum atomic E-state index is 16.2. The fourth-order valence-corrected chi connectivity index (χ4v) is 11.7. The summed E-state index contributed by atoms with van der Waals surface area (Å²) in [5.41, 5.74) is 5.54. The number of alkyl halides is 2. The fourth-order valence-electron chi connectivity index (χ4n) is 11.7. The fraction of sp³-hybridized carbons (Fsp3) is 0.489. The van der Waals surface area contributed by atoms with E-state index < -0.39 is 48.5 Å². The molecule has 2 unspecified atom stereocenters. The van der Waals surface area contributed by atoms with E-state index in [1.165, 1.54) is 29.0 Å². The van der Waals surface area contributed by atoms with Crippen LogP contribution in [0, 0.1) is 23.0 Å². The minimum absolute atomic E-state index is 0.156. The SMILES string of the molecule is CN(C(=O)c1cc2c(cc1C=O)CN(C1CC3(C1)CN(CC1CCN(c4cc(F)c(C5c6[nH]c7ccccc7c6CCN5CC(F)F)c(F)c4)CC1)C3)C2)C1CCC(=O)NC1=O. The van der Waals surface area contributed by atoms with Gasteiger partial charge in [0.25, 0.3) is 12.3 Å². The zero-order valence-electron chi connectivity index (χ0n) is 34.8. The summed E-state index contributed by atoms with van der Waals surface area (Å²) in [4.78, 5) is 62.9. The Hall–Kier alpha value is -5.12. The molecule has 5 aliphatic heterocycles. The Kier molecular flexibility index (Phi) is 10.5. The highest BCUT2D eigenvalue weighted by Gasteiger charge is 2.54.